The number of nitrogens with zero attached hydrogens (tertiary/aromatic N) is 2. The first-order valence-corrected chi connectivity index (χ1v) is 9.25. The number of H-pyrrole nitrogens is 1. The molecule has 0 atom stereocenters. The molecule has 7 heteroatoms. The highest BCUT2D eigenvalue weighted by molar-refractivity contribution is 6.30. The number of benzene rings is 2. The molecule has 1 amide bonds. The Morgan fingerprint density at radius 3 is 2.75 bits per heavy atom. The third-order valence-corrected chi connectivity index (χ3v) is 4.63. The van der Waals surface area contributed by atoms with E-state index in [1.807, 2.05) is 18.3 Å². The number of carbonyl (C=O) groups is 1. The largest absolute Gasteiger partial charge is 0.370 e. The second kappa shape index (κ2) is 8.10. The lowest BCUT2D eigenvalue weighted by molar-refractivity contribution is 0.102. The van der Waals surface area contributed by atoms with Crippen LogP contribution in [0.15, 0.2) is 67.1 Å². The van der Waals surface area contributed by atoms with Crippen molar-refractivity contribution in [2.75, 3.05) is 17.2 Å². The lowest BCUT2D eigenvalue weighted by atomic mass is 10.1. The minimum Gasteiger partial charge on any atom is -0.370 e. The molecule has 0 unspecified atom stereocenters. The summed E-state index contributed by atoms with van der Waals surface area (Å²) in [6.45, 7) is 0.692. The van der Waals surface area contributed by atoms with Gasteiger partial charge in [0, 0.05) is 40.4 Å². The second-order valence-corrected chi connectivity index (χ2v) is 6.72. The highest BCUT2D eigenvalue weighted by Crippen LogP contribution is 2.18. The molecule has 0 bridgehead atoms. The van der Waals surface area contributed by atoms with Crippen molar-refractivity contribution < 1.29 is 4.79 Å². The number of para-hydroxylation sites is 1. The fraction of sp³-hybridized carbons (Fsp3) is 0.0952. The van der Waals surface area contributed by atoms with E-state index in [1.54, 1.807) is 30.3 Å². The van der Waals surface area contributed by atoms with Crippen LogP contribution < -0.4 is 10.6 Å². The predicted octanol–water partition coefficient (Wildman–Crippen LogP) is 4.52. The molecule has 0 saturated heterocycles. The van der Waals surface area contributed by atoms with Gasteiger partial charge in [0.1, 0.15) is 17.8 Å². The third-order valence-electron chi connectivity index (χ3n) is 4.38. The summed E-state index contributed by atoms with van der Waals surface area (Å²) < 4.78 is 0. The summed E-state index contributed by atoms with van der Waals surface area (Å²) in [5.41, 5.74) is 3.31. The summed E-state index contributed by atoms with van der Waals surface area (Å²) in [6.07, 6.45) is 4.24. The van der Waals surface area contributed by atoms with Gasteiger partial charge < -0.3 is 15.6 Å². The Kier molecular flexibility index (Phi) is 5.21. The molecule has 2 aromatic heterocycles. The van der Waals surface area contributed by atoms with Crippen molar-refractivity contribution >= 4 is 39.9 Å². The van der Waals surface area contributed by atoms with Crippen LogP contribution in [0.5, 0.6) is 0 Å². The van der Waals surface area contributed by atoms with Gasteiger partial charge in [0.15, 0.2) is 0 Å². The third kappa shape index (κ3) is 4.13. The maximum absolute atomic E-state index is 12.4. The van der Waals surface area contributed by atoms with E-state index < -0.39 is 0 Å². The first-order chi connectivity index (χ1) is 13.7. The van der Waals surface area contributed by atoms with Crippen LogP contribution >= 0.6 is 11.6 Å². The highest BCUT2D eigenvalue weighted by Gasteiger charge is 2.09. The van der Waals surface area contributed by atoms with E-state index in [0.29, 0.717) is 28.8 Å². The van der Waals surface area contributed by atoms with Crippen molar-refractivity contribution in [1.82, 2.24) is 15.0 Å². The van der Waals surface area contributed by atoms with Crippen LogP contribution in [0, 0.1) is 0 Å². The van der Waals surface area contributed by atoms with Gasteiger partial charge in [-0.1, -0.05) is 29.8 Å². The van der Waals surface area contributed by atoms with Crippen molar-refractivity contribution in [3.8, 4) is 0 Å². The Labute approximate surface area is 167 Å². The number of fused-ring (bicyclic) bond motifs is 1. The highest BCUT2D eigenvalue weighted by atomic mass is 35.5. The van der Waals surface area contributed by atoms with Gasteiger partial charge >= 0.3 is 0 Å². The molecule has 4 rings (SSSR count). The number of nitrogens with one attached hydrogen (secondary N) is 3. The molecular formula is C21H18ClN5O. The van der Waals surface area contributed by atoms with E-state index in [4.69, 9.17) is 11.6 Å². The zero-order valence-corrected chi connectivity index (χ0v) is 15.7. The Hall–Kier alpha value is -3.38. The van der Waals surface area contributed by atoms with Crippen LogP contribution in [0.4, 0.5) is 11.5 Å². The van der Waals surface area contributed by atoms with E-state index >= 15 is 0 Å². The molecule has 4 aromatic rings. The quantitative estimate of drug-likeness (QED) is 0.451. The predicted molar refractivity (Wildman–Crippen MR) is 112 cm³/mol. The maximum Gasteiger partial charge on any atom is 0.274 e. The van der Waals surface area contributed by atoms with Crippen molar-refractivity contribution in [2.24, 2.45) is 0 Å². The molecule has 2 aromatic carbocycles. The number of hydrogen-bond acceptors (Lipinski definition) is 4. The molecule has 3 N–H and O–H groups in total. The van der Waals surface area contributed by atoms with Crippen molar-refractivity contribution in [2.45, 2.75) is 6.42 Å². The van der Waals surface area contributed by atoms with Crippen molar-refractivity contribution in [1.29, 1.82) is 0 Å². The summed E-state index contributed by atoms with van der Waals surface area (Å²) in [5.74, 6) is 0.306. The molecule has 140 valence electrons. The average Bonchev–Trinajstić information content (AvgIpc) is 3.13. The number of halogens is 1. The Morgan fingerprint density at radius 1 is 1.07 bits per heavy atom. The fourth-order valence-corrected chi connectivity index (χ4v) is 3.10. The molecule has 0 spiro atoms. The zero-order chi connectivity index (χ0) is 19.3. The van der Waals surface area contributed by atoms with Gasteiger partial charge in [-0.3, -0.25) is 4.79 Å². The number of amides is 1. The van der Waals surface area contributed by atoms with Crippen LogP contribution in [-0.2, 0) is 6.42 Å². The van der Waals surface area contributed by atoms with Crippen LogP contribution in [0.25, 0.3) is 10.9 Å². The van der Waals surface area contributed by atoms with E-state index in [9.17, 15) is 4.79 Å². The number of carbonyl (C=O) groups excluding carboxylic acids is 1. The number of aromatic amines is 1. The molecule has 2 heterocycles. The van der Waals surface area contributed by atoms with E-state index in [-0.39, 0.29) is 5.91 Å². The van der Waals surface area contributed by atoms with Gasteiger partial charge in [0.25, 0.3) is 5.91 Å². The molecule has 6 nitrogen and oxygen atoms in total. The standard InChI is InChI=1S/C21H18ClN5O/c22-15-5-7-16(8-6-15)27-21(28)19-11-20(26-13-25-19)23-10-9-14-12-24-18-4-2-1-3-17(14)18/h1-8,11-13,24H,9-10H2,(H,27,28)(H,23,25,26). The topological polar surface area (TPSA) is 82.7 Å². The Morgan fingerprint density at radius 2 is 1.89 bits per heavy atom. The monoisotopic (exact) mass is 391 g/mol. The minimum atomic E-state index is -0.301. The molecule has 0 saturated carbocycles. The lowest BCUT2D eigenvalue weighted by Crippen LogP contribution is -2.15. The van der Waals surface area contributed by atoms with Crippen LogP contribution in [-0.4, -0.2) is 27.4 Å². The van der Waals surface area contributed by atoms with Gasteiger partial charge in [0.05, 0.1) is 0 Å². The van der Waals surface area contributed by atoms with E-state index in [1.165, 1.54) is 17.3 Å². The smallest absolute Gasteiger partial charge is 0.274 e. The van der Waals surface area contributed by atoms with E-state index in [2.05, 4.69) is 37.7 Å². The van der Waals surface area contributed by atoms with Crippen molar-refractivity contribution in [3.05, 3.63) is 83.4 Å². The molecule has 0 aliphatic rings. The van der Waals surface area contributed by atoms with Crippen LogP contribution in [0.1, 0.15) is 16.1 Å². The van der Waals surface area contributed by atoms with Gasteiger partial charge in [-0.05, 0) is 42.3 Å². The molecule has 28 heavy (non-hydrogen) atoms. The summed E-state index contributed by atoms with van der Waals surface area (Å²) >= 11 is 5.86. The summed E-state index contributed by atoms with van der Waals surface area (Å²) in [6, 6.07) is 16.8. The summed E-state index contributed by atoms with van der Waals surface area (Å²) in [4.78, 5) is 23.9. The lowest BCUT2D eigenvalue weighted by Gasteiger charge is -2.08. The first kappa shape index (κ1) is 18.0. The number of aromatic nitrogens is 3. The van der Waals surface area contributed by atoms with Crippen LogP contribution in [0.3, 0.4) is 0 Å². The normalized spacial score (nSPS) is 10.8. The summed E-state index contributed by atoms with van der Waals surface area (Å²) in [5, 5.41) is 7.87. The minimum absolute atomic E-state index is 0.291. The average molecular weight is 392 g/mol. The number of anilines is 2. The molecule has 0 fully saturated rings. The second-order valence-electron chi connectivity index (χ2n) is 6.29. The van der Waals surface area contributed by atoms with Gasteiger partial charge in [0.2, 0.25) is 0 Å². The number of rotatable bonds is 6. The van der Waals surface area contributed by atoms with Gasteiger partial charge in [-0.15, -0.1) is 0 Å². The van der Waals surface area contributed by atoms with Crippen molar-refractivity contribution in [3.63, 3.8) is 0 Å². The van der Waals surface area contributed by atoms with Crippen LogP contribution in [0.2, 0.25) is 5.02 Å². The molecular weight excluding hydrogens is 374 g/mol. The molecule has 0 aliphatic heterocycles. The van der Waals surface area contributed by atoms with Gasteiger partial charge in [-0.2, -0.15) is 0 Å². The van der Waals surface area contributed by atoms with Gasteiger partial charge in [-0.25, -0.2) is 9.97 Å². The molecule has 0 radical (unpaired) electrons. The van der Waals surface area contributed by atoms with E-state index in [0.717, 1.165) is 11.9 Å². The maximum atomic E-state index is 12.4. The Bertz CT molecular complexity index is 1110. The SMILES string of the molecule is O=C(Nc1ccc(Cl)cc1)c1cc(NCCc2c[nH]c3ccccc23)ncn1. The first-order valence-electron chi connectivity index (χ1n) is 8.87. The fourth-order valence-electron chi connectivity index (χ4n) is 2.97. The summed E-state index contributed by atoms with van der Waals surface area (Å²) in [7, 11) is 0. The number of hydrogen-bond donors (Lipinski definition) is 3. The zero-order valence-electron chi connectivity index (χ0n) is 14.9. The Balaban J connectivity index is 1.38. The molecule has 0 aliphatic carbocycles.